The summed E-state index contributed by atoms with van der Waals surface area (Å²) < 4.78 is 0. The lowest BCUT2D eigenvalue weighted by molar-refractivity contribution is -0.384. The summed E-state index contributed by atoms with van der Waals surface area (Å²) in [4.78, 5) is 22.0. The first-order valence-electron chi connectivity index (χ1n) is 6.59. The largest absolute Gasteiger partial charge is 0.378 e. The van der Waals surface area contributed by atoms with Gasteiger partial charge in [0.05, 0.1) is 4.92 Å². The van der Waals surface area contributed by atoms with Gasteiger partial charge >= 0.3 is 0 Å². The van der Waals surface area contributed by atoms with Gasteiger partial charge in [0.15, 0.2) is 0 Å². The van der Waals surface area contributed by atoms with Crippen LogP contribution in [0.4, 0.5) is 11.4 Å². The molecule has 3 N–H and O–H groups in total. The first-order valence-corrected chi connectivity index (χ1v) is 6.59. The predicted molar refractivity (Wildman–Crippen MR) is 76.0 cm³/mol. The Balaban J connectivity index is 2.02. The van der Waals surface area contributed by atoms with E-state index in [1.54, 1.807) is 12.1 Å². The Labute approximate surface area is 116 Å². The normalized spacial score (nSPS) is 13.8. The van der Waals surface area contributed by atoms with Crippen LogP contribution in [0.3, 0.4) is 0 Å². The molecular weight excluding hydrogens is 260 g/mol. The Morgan fingerprint density at radius 1 is 1.40 bits per heavy atom. The number of benzene rings is 1. The fourth-order valence-corrected chi connectivity index (χ4v) is 1.88. The molecule has 1 aromatic carbocycles. The van der Waals surface area contributed by atoms with E-state index in [1.165, 1.54) is 26.0 Å². The zero-order valence-electron chi connectivity index (χ0n) is 11.3. The van der Waals surface area contributed by atoms with Gasteiger partial charge in [-0.15, -0.1) is 0 Å². The summed E-state index contributed by atoms with van der Waals surface area (Å²) in [7, 11) is 1.49. The maximum Gasteiger partial charge on any atom is 0.293 e. The number of nitrogens with one attached hydrogen (secondary N) is 3. The van der Waals surface area contributed by atoms with Crippen molar-refractivity contribution in [2.45, 2.75) is 18.9 Å². The third-order valence-corrected chi connectivity index (χ3v) is 3.13. The molecule has 2 rings (SSSR count). The van der Waals surface area contributed by atoms with Crippen molar-refractivity contribution in [1.29, 1.82) is 0 Å². The molecule has 0 heterocycles. The molecule has 7 heteroatoms. The Hall–Kier alpha value is -2.15. The van der Waals surface area contributed by atoms with E-state index in [-0.39, 0.29) is 17.2 Å². The molecule has 0 radical (unpaired) electrons. The molecular formula is C13H18N4O3. The smallest absolute Gasteiger partial charge is 0.293 e. The Bertz CT molecular complexity index is 514. The molecule has 1 aliphatic carbocycles. The van der Waals surface area contributed by atoms with Gasteiger partial charge in [0.1, 0.15) is 5.69 Å². The van der Waals surface area contributed by atoms with E-state index in [9.17, 15) is 14.9 Å². The van der Waals surface area contributed by atoms with Gasteiger partial charge in [-0.2, -0.15) is 0 Å². The molecule has 108 valence electrons. The van der Waals surface area contributed by atoms with Crippen molar-refractivity contribution in [3.63, 3.8) is 0 Å². The SMILES string of the molecule is CNC(=O)c1ccc(NCCNC2CC2)c([N+](=O)[O-])c1. The van der Waals surface area contributed by atoms with Crippen LogP contribution in [0.25, 0.3) is 0 Å². The highest BCUT2D eigenvalue weighted by Crippen LogP contribution is 2.25. The monoisotopic (exact) mass is 278 g/mol. The molecule has 1 aliphatic rings. The van der Waals surface area contributed by atoms with Gasteiger partial charge in [-0.05, 0) is 25.0 Å². The van der Waals surface area contributed by atoms with Crippen molar-refractivity contribution in [2.75, 3.05) is 25.5 Å². The summed E-state index contributed by atoms with van der Waals surface area (Å²) in [5.74, 6) is -0.338. The number of carbonyl (C=O) groups excluding carboxylic acids is 1. The van der Waals surface area contributed by atoms with Crippen molar-refractivity contribution in [3.05, 3.63) is 33.9 Å². The minimum absolute atomic E-state index is 0.0856. The summed E-state index contributed by atoms with van der Waals surface area (Å²) in [6.07, 6.45) is 2.42. The van der Waals surface area contributed by atoms with Gasteiger partial charge in [-0.3, -0.25) is 14.9 Å². The number of amides is 1. The maximum absolute atomic E-state index is 11.5. The topological polar surface area (TPSA) is 96.3 Å². The van der Waals surface area contributed by atoms with Crippen LogP contribution < -0.4 is 16.0 Å². The molecule has 20 heavy (non-hydrogen) atoms. The fourth-order valence-electron chi connectivity index (χ4n) is 1.88. The van der Waals surface area contributed by atoms with Crippen LogP contribution in [-0.2, 0) is 0 Å². The van der Waals surface area contributed by atoms with Crippen LogP contribution in [0.1, 0.15) is 23.2 Å². The van der Waals surface area contributed by atoms with Crippen LogP contribution in [0, 0.1) is 10.1 Å². The van der Waals surface area contributed by atoms with E-state index in [0.717, 1.165) is 6.54 Å². The molecule has 0 spiro atoms. The molecule has 1 saturated carbocycles. The second-order valence-corrected chi connectivity index (χ2v) is 4.72. The Morgan fingerprint density at radius 2 is 2.15 bits per heavy atom. The van der Waals surface area contributed by atoms with Gasteiger partial charge in [-0.1, -0.05) is 0 Å². The third-order valence-electron chi connectivity index (χ3n) is 3.13. The van der Waals surface area contributed by atoms with Gasteiger partial charge in [-0.25, -0.2) is 0 Å². The second-order valence-electron chi connectivity index (χ2n) is 4.72. The van der Waals surface area contributed by atoms with E-state index in [0.29, 0.717) is 18.3 Å². The minimum Gasteiger partial charge on any atom is -0.378 e. The van der Waals surface area contributed by atoms with E-state index >= 15 is 0 Å². The van der Waals surface area contributed by atoms with Crippen molar-refractivity contribution in [3.8, 4) is 0 Å². The average Bonchev–Trinajstić information content (AvgIpc) is 3.26. The number of hydrogen-bond acceptors (Lipinski definition) is 5. The van der Waals surface area contributed by atoms with Crippen LogP contribution in [0.15, 0.2) is 18.2 Å². The molecule has 0 unspecified atom stereocenters. The number of carbonyl (C=O) groups is 1. The van der Waals surface area contributed by atoms with Gasteiger partial charge in [0, 0.05) is 37.8 Å². The highest BCUT2D eigenvalue weighted by molar-refractivity contribution is 5.95. The lowest BCUT2D eigenvalue weighted by Crippen LogP contribution is -2.24. The maximum atomic E-state index is 11.5. The molecule has 0 atom stereocenters. The van der Waals surface area contributed by atoms with Crippen molar-refractivity contribution in [1.82, 2.24) is 10.6 Å². The molecule has 1 fully saturated rings. The number of anilines is 1. The number of rotatable bonds is 7. The zero-order chi connectivity index (χ0) is 14.5. The van der Waals surface area contributed by atoms with Crippen LogP contribution in [0.2, 0.25) is 0 Å². The standard InChI is InChI=1S/C13H18N4O3/c1-14-13(18)9-2-5-11(12(8-9)17(19)20)16-7-6-15-10-3-4-10/h2,5,8,10,15-16H,3-4,6-7H2,1H3,(H,14,18). The lowest BCUT2D eigenvalue weighted by Gasteiger charge is -2.09. The molecule has 0 bridgehead atoms. The van der Waals surface area contributed by atoms with E-state index in [1.807, 2.05) is 0 Å². The summed E-state index contributed by atoms with van der Waals surface area (Å²) in [5, 5.41) is 19.8. The highest BCUT2D eigenvalue weighted by Gasteiger charge is 2.20. The van der Waals surface area contributed by atoms with E-state index in [2.05, 4.69) is 16.0 Å². The average molecular weight is 278 g/mol. The van der Waals surface area contributed by atoms with Crippen molar-refractivity contribution >= 4 is 17.3 Å². The lowest BCUT2D eigenvalue weighted by atomic mass is 10.1. The first kappa shape index (κ1) is 14.3. The van der Waals surface area contributed by atoms with Crippen molar-refractivity contribution in [2.24, 2.45) is 0 Å². The Kier molecular flexibility index (Phi) is 4.52. The molecule has 1 aromatic rings. The molecule has 0 aromatic heterocycles. The molecule has 7 nitrogen and oxygen atoms in total. The minimum atomic E-state index is -0.483. The summed E-state index contributed by atoms with van der Waals surface area (Å²) in [5.41, 5.74) is 0.624. The predicted octanol–water partition coefficient (Wildman–Crippen LogP) is 1.12. The fraction of sp³-hybridized carbons (Fsp3) is 0.462. The van der Waals surface area contributed by atoms with Crippen molar-refractivity contribution < 1.29 is 9.72 Å². The summed E-state index contributed by atoms with van der Waals surface area (Å²) >= 11 is 0. The molecule has 0 saturated heterocycles. The van der Waals surface area contributed by atoms with E-state index in [4.69, 9.17) is 0 Å². The first-order chi connectivity index (χ1) is 9.61. The summed E-state index contributed by atoms with van der Waals surface area (Å²) in [6.45, 7) is 1.37. The molecule has 0 aliphatic heterocycles. The number of nitro benzene ring substituents is 1. The zero-order valence-corrected chi connectivity index (χ0v) is 11.3. The third kappa shape index (κ3) is 3.67. The van der Waals surface area contributed by atoms with E-state index < -0.39 is 4.92 Å². The Morgan fingerprint density at radius 3 is 2.75 bits per heavy atom. The number of hydrogen-bond donors (Lipinski definition) is 3. The quantitative estimate of drug-likeness (QED) is 0.394. The number of nitro groups is 1. The van der Waals surface area contributed by atoms with Gasteiger partial charge in [0.25, 0.3) is 11.6 Å². The second kappa shape index (κ2) is 6.33. The highest BCUT2D eigenvalue weighted by atomic mass is 16.6. The van der Waals surface area contributed by atoms with Crippen LogP contribution >= 0.6 is 0 Å². The van der Waals surface area contributed by atoms with Gasteiger partial charge < -0.3 is 16.0 Å². The van der Waals surface area contributed by atoms with Gasteiger partial charge in [0.2, 0.25) is 0 Å². The molecule has 1 amide bonds. The van der Waals surface area contributed by atoms with Crippen LogP contribution in [0.5, 0.6) is 0 Å². The number of nitrogens with zero attached hydrogens (tertiary/aromatic N) is 1. The van der Waals surface area contributed by atoms with Crippen LogP contribution in [-0.4, -0.2) is 37.0 Å². The summed E-state index contributed by atoms with van der Waals surface area (Å²) in [6, 6.07) is 5.04.